The quantitative estimate of drug-likeness (QED) is 0.754. The molecule has 0 unspecified atom stereocenters. The van der Waals surface area contributed by atoms with Crippen LogP contribution in [-0.2, 0) is 5.41 Å². The number of carboxylic acid groups (broad SMARTS) is 1. The Bertz CT molecular complexity index is 504. The lowest BCUT2D eigenvalue weighted by Crippen LogP contribution is -2.28. The van der Waals surface area contributed by atoms with Gasteiger partial charge in [0, 0.05) is 5.56 Å². The molecule has 1 atom stereocenters. The molecule has 1 aliphatic carbocycles. The molecule has 3 rings (SSSR count). The van der Waals surface area contributed by atoms with E-state index >= 15 is 0 Å². The molecule has 2 aliphatic rings. The first kappa shape index (κ1) is 10.4. The maximum Gasteiger partial charge on any atom is 0.336 e. The molecule has 0 radical (unpaired) electrons. The Hall–Kier alpha value is -1.77. The van der Waals surface area contributed by atoms with Crippen molar-refractivity contribution >= 4 is 5.97 Å². The van der Waals surface area contributed by atoms with E-state index in [9.17, 15) is 9.90 Å². The van der Waals surface area contributed by atoms with Crippen LogP contribution < -0.4 is 4.74 Å². The molecular weight excluding hydrogens is 216 g/mol. The summed E-state index contributed by atoms with van der Waals surface area (Å²) in [6, 6.07) is 5.27. The summed E-state index contributed by atoms with van der Waals surface area (Å²) < 4.78 is 5.67. The van der Waals surface area contributed by atoms with Crippen molar-refractivity contribution < 1.29 is 14.6 Å². The predicted octanol–water partition coefficient (Wildman–Crippen LogP) is 2.76. The summed E-state index contributed by atoms with van der Waals surface area (Å²) in [5.74, 6) is -0.137. The van der Waals surface area contributed by atoms with Crippen molar-refractivity contribution in [2.45, 2.75) is 24.7 Å². The topological polar surface area (TPSA) is 46.5 Å². The van der Waals surface area contributed by atoms with Gasteiger partial charge in [0.1, 0.15) is 12.4 Å². The second kappa shape index (κ2) is 3.62. The second-order valence-corrected chi connectivity index (χ2v) is 4.72. The Morgan fingerprint density at radius 2 is 2.29 bits per heavy atom. The van der Waals surface area contributed by atoms with E-state index in [2.05, 4.69) is 12.2 Å². The fourth-order valence-electron chi connectivity index (χ4n) is 2.88. The van der Waals surface area contributed by atoms with Crippen molar-refractivity contribution in [3.05, 3.63) is 41.5 Å². The lowest BCUT2D eigenvalue weighted by Gasteiger charge is -2.28. The average molecular weight is 230 g/mol. The standard InChI is InChI=1S/C14H14O3/c15-13(16)10-5-4-6-11-12(10)14(9-17-11)7-2-1-3-8-14/h2,4-7H,1,3,8-9H2,(H,15,16)/t14-/m1/s1. The molecule has 0 aromatic heterocycles. The molecule has 3 heteroatoms. The minimum atomic E-state index is -0.870. The molecule has 0 fully saturated rings. The Kier molecular flexibility index (Phi) is 2.21. The second-order valence-electron chi connectivity index (χ2n) is 4.72. The van der Waals surface area contributed by atoms with Gasteiger partial charge in [-0.2, -0.15) is 0 Å². The third-order valence-corrected chi connectivity index (χ3v) is 3.67. The van der Waals surface area contributed by atoms with E-state index in [4.69, 9.17) is 4.74 Å². The fourth-order valence-corrected chi connectivity index (χ4v) is 2.88. The van der Waals surface area contributed by atoms with Gasteiger partial charge in [0.05, 0.1) is 11.0 Å². The highest BCUT2D eigenvalue weighted by Crippen LogP contribution is 2.46. The maximum absolute atomic E-state index is 11.3. The summed E-state index contributed by atoms with van der Waals surface area (Å²) >= 11 is 0. The summed E-state index contributed by atoms with van der Waals surface area (Å²) in [6.07, 6.45) is 7.41. The largest absolute Gasteiger partial charge is 0.492 e. The first-order chi connectivity index (χ1) is 8.23. The predicted molar refractivity (Wildman–Crippen MR) is 63.6 cm³/mol. The van der Waals surface area contributed by atoms with Crippen LogP contribution >= 0.6 is 0 Å². The normalized spacial score (nSPS) is 25.6. The summed E-state index contributed by atoms with van der Waals surface area (Å²) in [6.45, 7) is 0.573. The molecule has 1 heterocycles. The molecule has 1 aromatic carbocycles. The van der Waals surface area contributed by atoms with Crippen molar-refractivity contribution in [2.75, 3.05) is 6.61 Å². The van der Waals surface area contributed by atoms with Gasteiger partial charge >= 0.3 is 5.97 Å². The van der Waals surface area contributed by atoms with Crippen LogP contribution in [-0.4, -0.2) is 17.7 Å². The minimum absolute atomic E-state index is 0.206. The Morgan fingerprint density at radius 3 is 3.00 bits per heavy atom. The van der Waals surface area contributed by atoms with E-state index in [0.29, 0.717) is 12.2 Å². The van der Waals surface area contributed by atoms with Crippen LogP contribution in [0.5, 0.6) is 5.75 Å². The zero-order chi connectivity index (χ0) is 11.9. The van der Waals surface area contributed by atoms with E-state index in [-0.39, 0.29) is 5.41 Å². The van der Waals surface area contributed by atoms with E-state index in [0.717, 1.165) is 30.6 Å². The number of carboxylic acids is 1. The highest BCUT2D eigenvalue weighted by Gasteiger charge is 2.42. The number of ether oxygens (including phenoxy) is 1. The van der Waals surface area contributed by atoms with Gasteiger partial charge in [-0.05, 0) is 31.4 Å². The van der Waals surface area contributed by atoms with Crippen molar-refractivity contribution in [3.8, 4) is 5.75 Å². The molecule has 1 aliphatic heterocycles. The molecule has 1 N–H and O–H groups in total. The first-order valence-corrected chi connectivity index (χ1v) is 5.90. The number of allylic oxidation sites excluding steroid dienone is 1. The monoisotopic (exact) mass is 230 g/mol. The van der Waals surface area contributed by atoms with Crippen molar-refractivity contribution in [3.63, 3.8) is 0 Å². The smallest absolute Gasteiger partial charge is 0.336 e. The van der Waals surface area contributed by atoms with Gasteiger partial charge in [0.15, 0.2) is 0 Å². The van der Waals surface area contributed by atoms with Gasteiger partial charge in [0.2, 0.25) is 0 Å². The number of benzene rings is 1. The van der Waals surface area contributed by atoms with Gasteiger partial charge in [0.25, 0.3) is 0 Å². The summed E-state index contributed by atoms with van der Waals surface area (Å²) in [5, 5.41) is 9.28. The molecule has 88 valence electrons. The van der Waals surface area contributed by atoms with Crippen LogP contribution in [0, 0.1) is 0 Å². The van der Waals surface area contributed by atoms with E-state index < -0.39 is 5.97 Å². The number of aromatic carboxylic acids is 1. The lowest BCUT2D eigenvalue weighted by atomic mass is 9.73. The number of rotatable bonds is 1. The Labute approximate surface area is 99.7 Å². The van der Waals surface area contributed by atoms with Gasteiger partial charge in [-0.25, -0.2) is 4.79 Å². The maximum atomic E-state index is 11.3. The molecule has 1 aromatic rings. The highest BCUT2D eigenvalue weighted by molar-refractivity contribution is 5.91. The van der Waals surface area contributed by atoms with Gasteiger partial charge < -0.3 is 9.84 Å². The highest BCUT2D eigenvalue weighted by atomic mass is 16.5. The van der Waals surface area contributed by atoms with Crippen LogP contribution in [0.15, 0.2) is 30.4 Å². The molecule has 0 amide bonds. The minimum Gasteiger partial charge on any atom is -0.492 e. The molecule has 0 saturated heterocycles. The zero-order valence-electron chi connectivity index (χ0n) is 9.48. The van der Waals surface area contributed by atoms with E-state index in [1.54, 1.807) is 12.1 Å². The van der Waals surface area contributed by atoms with Gasteiger partial charge in [-0.3, -0.25) is 0 Å². The van der Waals surface area contributed by atoms with Crippen LogP contribution in [0.4, 0.5) is 0 Å². The van der Waals surface area contributed by atoms with Crippen molar-refractivity contribution in [2.24, 2.45) is 0 Å². The molecule has 17 heavy (non-hydrogen) atoms. The Balaban J connectivity index is 2.20. The molecule has 3 nitrogen and oxygen atoms in total. The summed E-state index contributed by atoms with van der Waals surface area (Å²) in [5.41, 5.74) is 1.04. The third-order valence-electron chi connectivity index (χ3n) is 3.67. The van der Waals surface area contributed by atoms with Gasteiger partial charge in [-0.1, -0.05) is 18.2 Å². The summed E-state index contributed by atoms with van der Waals surface area (Å²) in [7, 11) is 0. The molecule has 0 bridgehead atoms. The number of hydrogen-bond donors (Lipinski definition) is 1. The lowest BCUT2D eigenvalue weighted by molar-refractivity contribution is 0.0694. The van der Waals surface area contributed by atoms with Crippen LogP contribution in [0.2, 0.25) is 0 Å². The molecule has 1 spiro atoms. The van der Waals surface area contributed by atoms with E-state index in [1.165, 1.54) is 0 Å². The molecular formula is C14H14O3. The first-order valence-electron chi connectivity index (χ1n) is 5.90. The fraction of sp³-hybridized carbons (Fsp3) is 0.357. The van der Waals surface area contributed by atoms with Gasteiger partial charge in [-0.15, -0.1) is 0 Å². The summed E-state index contributed by atoms with van der Waals surface area (Å²) in [4.78, 5) is 11.3. The van der Waals surface area contributed by atoms with Crippen LogP contribution in [0.3, 0.4) is 0 Å². The zero-order valence-corrected chi connectivity index (χ0v) is 9.48. The van der Waals surface area contributed by atoms with Crippen LogP contribution in [0.25, 0.3) is 0 Å². The molecule has 0 saturated carbocycles. The number of carbonyl (C=O) groups is 1. The Morgan fingerprint density at radius 1 is 1.41 bits per heavy atom. The SMILES string of the molecule is O=C(O)c1cccc2c1[C@@]1(C=CCCC1)CO2. The van der Waals surface area contributed by atoms with Crippen molar-refractivity contribution in [1.82, 2.24) is 0 Å². The van der Waals surface area contributed by atoms with E-state index in [1.807, 2.05) is 6.07 Å². The number of hydrogen-bond acceptors (Lipinski definition) is 2. The number of fused-ring (bicyclic) bond motifs is 2. The van der Waals surface area contributed by atoms with Crippen LogP contribution in [0.1, 0.15) is 35.2 Å². The average Bonchev–Trinajstić information content (AvgIpc) is 2.70. The van der Waals surface area contributed by atoms with Crippen molar-refractivity contribution in [1.29, 1.82) is 0 Å². The third kappa shape index (κ3) is 1.46.